The second-order valence-corrected chi connectivity index (χ2v) is 8.50. The van der Waals surface area contributed by atoms with E-state index in [-0.39, 0.29) is 11.4 Å². The van der Waals surface area contributed by atoms with Gasteiger partial charge in [-0.05, 0) is 33.3 Å². The molecule has 2 aromatic rings. The average Bonchev–Trinajstić information content (AvgIpc) is 2.90. The zero-order valence-corrected chi connectivity index (χ0v) is 15.5. The molecular formula is C16H22N4OS2. The van der Waals surface area contributed by atoms with Gasteiger partial charge in [0.1, 0.15) is 0 Å². The van der Waals surface area contributed by atoms with E-state index in [1.807, 2.05) is 31.2 Å². The maximum absolute atomic E-state index is 11.9. The van der Waals surface area contributed by atoms with Gasteiger partial charge in [-0.2, -0.15) is 0 Å². The summed E-state index contributed by atoms with van der Waals surface area (Å²) in [4.78, 5) is 11.9. The van der Waals surface area contributed by atoms with Crippen LogP contribution >= 0.6 is 23.1 Å². The van der Waals surface area contributed by atoms with E-state index in [1.54, 1.807) is 0 Å². The van der Waals surface area contributed by atoms with Crippen LogP contribution in [0.15, 0.2) is 28.6 Å². The second kappa shape index (κ2) is 7.79. The number of thioether (sulfide) groups is 1. The van der Waals surface area contributed by atoms with Crippen LogP contribution in [-0.4, -0.2) is 27.4 Å². The van der Waals surface area contributed by atoms with E-state index < -0.39 is 0 Å². The summed E-state index contributed by atoms with van der Waals surface area (Å²) in [5.41, 5.74) is 2.26. The van der Waals surface area contributed by atoms with Gasteiger partial charge in [-0.15, -0.1) is 10.2 Å². The number of benzene rings is 1. The molecule has 1 heterocycles. The molecule has 23 heavy (non-hydrogen) atoms. The van der Waals surface area contributed by atoms with Crippen molar-refractivity contribution in [2.45, 2.75) is 44.1 Å². The normalized spacial score (nSPS) is 11.3. The third-order valence-electron chi connectivity index (χ3n) is 2.83. The lowest BCUT2D eigenvalue weighted by molar-refractivity contribution is -0.118. The Morgan fingerprint density at radius 2 is 1.91 bits per heavy atom. The third kappa shape index (κ3) is 6.58. The molecule has 0 aliphatic carbocycles. The quantitative estimate of drug-likeness (QED) is 0.781. The van der Waals surface area contributed by atoms with E-state index in [0.29, 0.717) is 12.3 Å². The first-order valence-electron chi connectivity index (χ1n) is 7.38. The van der Waals surface area contributed by atoms with Gasteiger partial charge in [0.05, 0.1) is 5.75 Å². The Kier molecular flexibility index (Phi) is 6.01. The smallest absolute Gasteiger partial charge is 0.230 e. The molecule has 124 valence electrons. The van der Waals surface area contributed by atoms with Crippen LogP contribution in [0.25, 0.3) is 0 Å². The molecule has 2 rings (SSSR count). The van der Waals surface area contributed by atoms with E-state index >= 15 is 0 Å². The van der Waals surface area contributed by atoms with Crippen LogP contribution in [0.2, 0.25) is 0 Å². The number of nitrogens with zero attached hydrogens (tertiary/aromatic N) is 2. The predicted octanol–water partition coefficient (Wildman–Crippen LogP) is 3.47. The van der Waals surface area contributed by atoms with Crippen molar-refractivity contribution in [3.8, 4) is 0 Å². The SMILES string of the molecule is Cc1ccc(CNC(=O)CSc2nnc(NC(C)(C)C)s2)cc1. The molecule has 0 aliphatic rings. The Balaban J connectivity index is 1.75. The monoisotopic (exact) mass is 350 g/mol. The second-order valence-electron chi connectivity index (χ2n) is 6.30. The Bertz CT molecular complexity index is 647. The summed E-state index contributed by atoms with van der Waals surface area (Å²) >= 11 is 2.87. The van der Waals surface area contributed by atoms with Gasteiger partial charge in [-0.25, -0.2) is 0 Å². The van der Waals surface area contributed by atoms with Gasteiger partial charge in [0.25, 0.3) is 0 Å². The lowest BCUT2D eigenvalue weighted by atomic mass is 10.1. The molecule has 0 unspecified atom stereocenters. The maximum atomic E-state index is 11.9. The van der Waals surface area contributed by atoms with E-state index in [0.717, 1.165) is 15.0 Å². The van der Waals surface area contributed by atoms with Crippen molar-refractivity contribution in [1.29, 1.82) is 0 Å². The lowest BCUT2D eigenvalue weighted by Crippen LogP contribution is -2.25. The van der Waals surface area contributed by atoms with Gasteiger partial charge in [-0.1, -0.05) is 52.9 Å². The molecule has 0 saturated carbocycles. The minimum Gasteiger partial charge on any atom is -0.355 e. The van der Waals surface area contributed by atoms with Crippen molar-refractivity contribution in [3.63, 3.8) is 0 Å². The topological polar surface area (TPSA) is 66.9 Å². The minimum atomic E-state index is -0.0487. The van der Waals surface area contributed by atoms with E-state index in [9.17, 15) is 4.79 Å². The number of rotatable bonds is 6. The minimum absolute atomic E-state index is 0.00361. The highest BCUT2D eigenvalue weighted by molar-refractivity contribution is 8.01. The molecule has 0 fully saturated rings. The first-order chi connectivity index (χ1) is 10.8. The van der Waals surface area contributed by atoms with Gasteiger partial charge in [-0.3, -0.25) is 4.79 Å². The number of hydrogen-bond donors (Lipinski definition) is 2. The molecule has 0 spiro atoms. The standard InChI is InChI=1S/C16H22N4OS2/c1-11-5-7-12(8-6-11)9-17-13(21)10-22-15-20-19-14(23-15)18-16(2,3)4/h5-8H,9-10H2,1-4H3,(H,17,21)(H,18,19). The summed E-state index contributed by atoms with van der Waals surface area (Å²) < 4.78 is 0.794. The molecular weight excluding hydrogens is 328 g/mol. The number of aromatic nitrogens is 2. The Labute approximate surface area is 145 Å². The molecule has 1 aromatic heterocycles. The number of carbonyl (C=O) groups excluding carboxylic acids is 1. The molecule has 1 amide bonds. The van der Waals surface area contributed by atoms with E-state index in [1.165, 1.54) is 28.7 Å². The number of amides is 1. The molecule has 0 aliphatic heterocycles. The fraction of sp³-hybridized carbons (Fsp3) is 0.438. The molecule has 0 radical (unpaired) electrons. The van der Waals surface area contributed by atoms with Gasteiger partial charge in [0, 0.05) is 12.1 Å². The van der Waals surface area contributed by atoms with Crippen LogP contribution in [0.4, 0.5) is 5.13 Å². The van der Waals surface area contributed by atoms with Gasteiger partial charge in [0.2, 0.25) is 11.0 Å². The van der Waals surface area contributed by atoms with Crippen molar-refractivity contribution in [1.82, 2.24) is 15.5 Å². The highest BCUT2D eigenvalue weighted by Crippen LogP contribution is 2.26. The highest BCUT2D eigenvalue weighted by Gasteiger charge is 2.13. The summed E-state index contributed by atoms with van der Waals surface area (Å²) in [6, 6.07) is 8.14. The summed E-state index contributed by atoms with van der Waals surface area (Å²) in [5.74, 6) is 0.340. The van der Waals surface area contributed by atoms with Crippen molar-refractivity contribution in [3.05, 3.63) is 35.4 Å². The van der Waals surface area contributed by atoms with Crippen LogP contribution in [0.3, 0.4) is 0 Å². The summed E-state index contributed by atoms with van der Waals surface area (Å²) in [6.45, 7) is 8.80. The van der Waals surface area contributed by atoms with Crippen LogP contribution in [0, 0.1) is 6.92 Å². The molecule has 0 atom stereocenters. The van der Waals surface area contributed by atoms with Crippen molar-refractivity contribution in [2.24, 2.45) is 0 Å². The van der Waals surface area contributed by atoms with Crippen LogP contribution in [-0.2, 0) is 11.3 Å². The summed E-state index contributed by atoms with van der Waals surface area (Å²) in [6.07, 6.45) is 0. The number of carbonyl (C=O) groups is 1. The number of hydrogen-bond acceptors (Lipinski definition) is 6. The summed E-state index contributed by atoms with van der Waals surface area (Å²) in [5, 5.41) is 15.1. The zero-order chi connectivity index (χ0) is 16.9. The van der Waals surface area contributed by atoms with Crippen molar-refractivity contribution in [2.75, 3.05) is 11.1 Å². The largest absolute Gasteiger partial charge is 0.355 e. The van der Waals surface area contributed by atoms with Gasteiger partial charge in [0.15, 0.2) is 4.34 Å². The zero-order valence-electron chi connectivity index (χ0n) is 13.8. The Morgan fingerprint density at radius 1 is 1.22 bits per heavy atom. The Morgan fingerprint density at radius 3 is 2.57 bits per heavy atom. The fourth-order valence-electron chi connectivity index (χ4n) is 1.72. The van der Waals surface area contributed by atoms with Crippen LogP contribution in [0.5, 0.6) is 0 Å². The van der Waals surface area contributed by atoms with Crippen molar-refractivity contribution >= 4 is 34.1 Å². The Hall–Kier alpha value is -1.60. The fourth-order valence-corrected chi connectivity index (χ4v) is 3.51. The molecule has 0 saturated heterocycles. The van der Waals surface area contributed by atoms with Gasteiger partial charge >= 0.3 is 0 Å². The van der Waals surface area contributed by atoms with E-state index in [2.05, 4.69) is 41.6 Å². The summed E-state index contributed by atoms with van der Waals surface area (Å²) in [7, 11) is 0. The lowest BCUT2D eigenvalue weighted by Gasteiger charge is -2.18. The average molecular weight is 351 g/mol. The molecule has 5 nitrogen and oxygen atoms in total. The first kappa shape index (κ1) is 17.7. The number of nitrogens with one attached hydrogen (secondary N) is 2. The number of anilines is 1. The van der Waals surface area contributed by atoms with Crippen LogP contribution in [0.1, 0.15) is 31.9 Å². The maximum Gasteiger partial charge on any atom is 0.230 e. The third-order valence-corrected chi connectivity index (χ3v) is 4.80. The molecule has 1 aromatic carbocycles. The molecule has 0 bridgehead atoms. The first-order valence-corrected chi connectivity index (χ1v) is 9.19. The van der Waals surface area contributed by atoms with Crippen LogP contribution < -0.4 is 10.6 Å². The van der Waals surface area contributed by atoms with Crippen molar-refractivity contribution < 1.29 is 4.79 Å². The number of aryl methyl sites for hydroxylation is 1. The van der Waals surface area contributed by atoms with E-state index in [4.69, 9.17) is 0 Å². The molecule has 7 heteroatoms. The van der Waals surface area contributed by atoms with Gasteiger partial charge < -0.3 is 10.6 Å². The highest BCUT2D eigenvalue weighted by atomic mass is 32.2. The molecule has 2 N–H and O–H groups in total. The predicted molar refractivity (Wildman–Crippen MR) is 97.0 cm³/mol.